The van der Waals surface area contributed by atoms with Crippen molar-refractivity contribution in [3.05, 3.63) is 77.2 Å². The topological polar surface area (TPSA) is 49.4 Å². The number of thiophene rings is 1. The van der Waals surface area contributed by atoms with E-state index in [1.54, 1.807) is 11.3 Å². The lowest BCUT2D eigenvalue weighted by atomic mass is 9.96. The average Bonchev–Trinajstić information content (AvgIpc) is 3.29. The predicted octanol–water partition coefficient (Wildman–Crippen LogP) is 5.21. The first-order chi connectivity index (χ1) is 14.1. The van der Waals surface area contributed by atoms with Gasteiger partial charge in [-0.3, -0.25) is 9.59 Å². The van der Waals surface area contributed by atoms with Gasteiger partial charge in [-0.1, -0.05) is 42.0 Å². The third-order valence-electron chi connectivity index (χ3n) is 5.35. The zero-order valence-electron chi connectivity index (χ0n) is 16.4. The van der Waals surface area contributed by atoms with Crippen LogP contribution in [0.25, 0.3) is 10.4 Å². The number of rotatable bonds is 4. The van der Waals surface area contributed by atoms with Crippen molar-refractivity contribution in [2.75, 3.05) is 18.4 Å². The number of para-hydroxylation sites is 1. The van der Waals surface area contributed by atoms with Crippen molar-refractivity contribution in [2.24, 2.45) is 5.92 Å². The van der Waals surface area contributed by atoms with Crippen molar-refractivity contribution in [3.63, 3.8) is 0 Å². The van der Waals surface area contributed by atoms with Crippen LogP contribution >= 0.6 is 11.3 Å². The van der Waals surface area contributed by atoms with Gasteiger partial charge in [0.15, 0.2) is 0 Å². The van der Waals surface area contributed by atoms with E-state index < -0.39 is 0 Å². The van der Waals surface area contributed by atoms with Gasteiger partial charge in [0.1, 0.15) is 0 Å². The number of benzene rings is 2. The Morgan fingerprint density at radius 1 is 1.03 bits per heavy atom. The number of carbonyl (C=O) groups excluding carboxylic acids is 2. The number of anilines is 1. The monoisotopic (exact) mass is 404 g/mol. The second-order valence-electron chi connectivity index (χ2n) is 7.47. The molecule has 3 aromatic rings. The Labute approximate surface area is 175 Å². The van der Waals surface area contributed by atoms with Gasteiger partial charge in [0, 0.05) is 34.8 Å². The molecule has 1 aromatic heterocycles. The van der Waals surface area contributed by atoms with Crippen LogP contribution in [-0.2, 0) is 4.79 Å². The van der Waals surface area contributed by atoms with E-state index >= 15 is 0 Å². The minimum atomic E-state index is -0.199. The molecule has 29 heavy (non-hydrogen) atoms. The second kappa shape index (κ2) is 8.62. The number of likely N-dealkylation sites (tertiary alicyclic amines) is 1. The van der Waals surface area contributed by atoms with Gasteiger partial charge >= 0.3 is 0 Å². The molecule has 148 valence electrons. The number of carbonyl (C=O) groups is 2. The van der Waals surface area contributed by atoms with Gasteiger partial charge in [0.2, 0.25) is 5.91 Å². The number of hydrogen-bond donors (Lipinski definition) is 1. The zero-order valence-corrected chi connectivity index (χ0v) is 17.2. The molecular formula is C24H24N2O2S. The third kappa shape index (κ3) is 4.40. The van der Waals surface area contributed by atoms with Crippen molar-refractivity contribution in [2.45, 2.75) is 19.8 Å². The van der Waals surface area contributed by atoms with Gasteiger partial charge in [-0.05, 0) is 49.4 Å². The van der Waals surface area contributed by atoms with E-state index in [9.17, 15) is 9.59 Å². The van der Waals surface area contributed by atoms with E-state index in [1.165, 1.54) is 0 Å². The lowest BCUT2D eigenvalue weighted by Gasteiger charge is -2.32. The van der Waals surface area contributed by atoms with Crippen LogP contribution in [0.4, 0.5) is 5.69 Å². The molecule has 1 N–H and O–H groups in total. The molecule has 0 saturated carbocycles. The smallest absolute Gasteiger partial charge is 0.253 e. The van der Waals surface area contributed by atoms with E-state index in [0.717, 1.165) is 34.5 Å². The number of aryl methyl sites for hydroxylation is 1. The summed E-state index contributed by atoms with van der Waals surface area (Å²) >= 11 is 1.65. The second-order valence-corrected chi connectivity index (χ2v) is 8.42. The number of piperidine rings is 1. The van der Waals surface area contributed by atoms with Crippen LogP contribution in [0, 0.1) is 12.8 Å². The quantitative estimate of drug-likeness (QED) is 0.649. The lowest BCUT2D eigenvalue weighted by molar-refractivity contribution is -0.121. The molecule has 2 amide bonds. The molecule has 0 radical (unpaired) electrons. The molecule has 1 unspecified atom stereocenters. The molecule has 1 aliphatic rings. The number of hydrogen-bond acceptors (Lipinski definition) is 3. The molecule has 4 rings (SSSR count). The summed E-state index contributed by atoms with van der Waals surface area (Å²) in [6.45, 7) is 3.16. The van der Waals surface area contributed by atoms with E-state index in [4.69, 9.17) is 0 Å². The predicted molar refractivity (Wildman–Crippen MR) is 118 cm³/mol. The number of nitrogens with zero attached hydrogens (tertiary/aromatic N) is 1. The van der Waals surface area contributed by atoms with Crippen molar-refractivity contribution in [1.29, 1.82) is 0 Å². The largest absolute Gasteiger partial charge is 0.338 e. The van der Waals surface area contributed by atoms with Crippen LogP contribution in [0.5, 0.6) is 0 Å². The van der Waals surface area contributed by atoms with E-state index in [-0.39, 0.29) is 17.7 Å². The Hall–Kier alpha value is -2.92. The molecule has 0 spiro atoms. The van der Waals surface area contributed by atoms with Crippen LogP contribution in [0.15, 0.2) is 66.0 Å². The van der Waals surface area contributed by atoms with E-state index in [0.29, 0.717) is 18.7 Å². The SMILES string of the molecule is Cc1ccc(C(=O)N2CCCC(C(=O)Nc3ccccc3-c3cccs3)C2)cc1. The minimum Gasteiger partial charge on any atom is -0.338 e. The molecule has 0 aliphatic carbocycles. The van der Waals surface area contributed by atoms with E-state index in [1.807, 2.05) is 71.8 Å². The fourth-order valence-electron chi connectivity index (χ4n) is 3.73. The van der Waals surface area contributed by atoms with Crippen LogP contribution in [0.2, 0.25) is 0 Å². The van der Waals surface area contributed by atoms with Crippen LogP contribution < -0.4 is 5.32 Å². The van der Waals surface area contributed by atoms with Gasteiger partial charge < -0.3 is 10.2 Å². The molecule has 1 fully saturated rings. The van der Waals surface area contributed by atoms with Crippen molar-refractivity contribution < 1.29 is 9.59 Å². The Kier molecular flexibility index (Phi) is 5.76. The maximum Gasteiger partial charge on any atom is 0.253 e. The fourth-order valence-corrected chi connectivity index (χ4v) is 4.49. The Balaban J connectivity index is 1.46. The number of nitrogens with one attached hydrogen (secondary N) is 1. The maximum atomic E-state index is 13.0. The average molecular weight is 405 g/mol. The van der Waals surface area contributed by atoms with Crippen molar-refractivity contribution in [3.8, 4) is 10.4 Å². The highest BCUT2D eigenvalue weighted by molar-refractivity contribution is 7.13. The van der Waals surface area contributed by atoms with Gasteiger partial charge in [-0.2, -0.15) is 0 Å². The highest BCUT2D eigenvalue weighted by atomic mass is 32.1. The summed E-state index contributed by atoms with van der Waals surface area (Å²) in [5.74, 6) is -0.216. The summed E-state index contributed by atoms with van der Waals surface area (Å²) in [4.78, 5) is 28.8. The Morgan fingerprint density at radius 2 is 1.83 bits per heavy atom. The Bertz CT molecular complexity index is 996. The summed E-state index contributed by atoms with van der Waals surface area (Å²) < 4.78 is 0. The van der Waals surface area contributed by atoms with Crippen LogP contribution in [0.1, 0.15) is 28.8 Å². The standard InChI is InChI=1S/C24H24N2O2S/c1-17-10-12-18(13-11-17)24(28)26-14-4-6-19(16-26)23(27)25-21-8-3-2-7-20(21)22-9-5-15-29-22/h2-3,5,7-13,15,19H,4,6,14,16H2,1H3,(H,25,27). The highest BCUT2D eigenvalue weighted by Crippen LogP contribution is 2.32. The molecule has 2 aromatic carbocycles. The third-order valence-corrected chi connectivity index (χ3v) is 6.25. The minimum absolute atomic E-state index is 0.00138. The van der Waals surface area contributed by atoms with Gasteiger partial charge in [0.05, 0.1) is 5.92 Å². The Morgan fingerprint density at radius 3 is 2.59 bits per heavy atom. The lowest BCUT2D eigenvalue weighted by Crippen LogP contribution is -2.43. The normalized spacial score (nSPS) is 16.4. The van der Waals surface area contributed by atoms with Crippen LogP contribution in [-0.4, -0.2) is 29.8 Å². The maximum absolute atomic E-state index is 13.0. The summed E-state index contributed by atoms with van der Waals surface area (Å²) in [5, 5.41) is 5.14. The van der Waals surface area contributed by atoms with Gasteiger partial charge in [-0.15, -0.1) is 11.3 Å². The van der Waals surface area contributed by atoms with Crippen molar-refractivity contribution >= 4 is 28.8 Å². The van der Waals surface area contributed by atoms with Crippen LogP contribution in [0.3, 0.4) is 0 Å². The molecule has 1 saturated heterocycles. The summed E-state index contributed by atoms with van der Waals surface area (Å²) in [7, 11) is 0. The molecule has 2 heterocycles. The first-order valence-corrected chi connectivity index (χ1v) is 10.8. The summed E-state index contributed by atoms with van der Waals surface area (Å²) in [6.07, 6.45) is 1.63. The van der Waals surface area contributed by atoms with Crippen molar-refractivity contribution in [1.82, 2.24) is 4.90 Å². The fraction of sp³-hybridized carbons (Fsp3) is 0.250. The number of amides is 2. The molecule has 0 bridgehead atoms. The zero-order chi connectivity index (χ0) is 20.2. The molecule has 1 aliphatic heterocycles. The summed E-state index contributed by atoms with van der Waals surface area (Å²) in [5.41, 5.74) is 3.66. The van der Waals surface area contributed by atoms with E-state index in [2.05, 4.69) is 11.4 Å². The first kappa shape index (κ1) is 19.4. The first-order valence-electron chi connectivity index (χ1n) is 9.91. The molecular weight excluding hydrogens is 380 g/mol. The molecule has 1 atom stereocenters. The molecule has 4 nitrogen and oxygen atoms in total. The molecule has 5 heteroatoms. The van der Waals surface area contributed by atoms with Gasteiger partial charge in [0.25, 0.3) is 5.91 Å². The highest BCUT2D eigenvalue weighted by Gasteiger charge is 2.29. The van der Waals surface area contributed by atoms with Gasteiger partial charge in [-0.25, -0.2) is 0 Å². The summed E-state index contributed by atoms with van der Waals surface area (Å²) in [6, 6.07) is 19.5.